The first-order valence-electron chi connectivity index (χ1n) is 13.3. The molecule has 5 fully saturated rings. The summed E-state index contributed by atoms with van der Waals surface area (Å²) in [5.41, 5.74) is 0.525. The fraction of sp³-hybridized carbons (Fsp3) is 0.926. The summed E-state index contributed by atoms with van der Waals surface area (Å²) >= 11 is 0. The van der Waals surface area contributed by atoms with Gasteiger partial charge in [-0.25, -0.2) is 0 Å². The van der Waals surface area contributed by atoms with Crippen molar-refractivity contribution in [2.45, 2.75) is 103 Å². The van der Waals surface area contributed by atoms with Crippen LogP contribution < -0.4 is 0 Å². The Bertz CT molecular complexity index is 701. The van der Waals surface area contributed by atoms with E-state index in [0.717, 1.165) is 57.2 Å². The number of carbonyl (C=O) groups excluding carboxylic acids is 2. The molecular formula is C27H43NO3. The van der Waals surface area contributed by atoms with Gasteiger partial charge in [-0.05, 0) is 100.0 Å². The molecule has 5 aliphatic rings. The van der Waals surface area contributed by atoms with E-state index in [-0.39, 0.29) is 17.5 Å². The number of hydrogen-bond donors (Lipinski definition) is 0. The van der Waals surface area contributed by atoms with Crippen LogP contribution in [0.15, 0.2) is 0 Å². The minimum atomic E-state index is 0.0287. The molecule has 0 aromatic rings. The first kappa shape index (κ1) is 21.9. The molecule has 0 bridgehead atoms. The number of rotatable bonds is 4. The highest BCUT2D eigenvalue weighted by molar-refractivity contribution is 5.79. The third-order valence-corrected chi connectivity index (χ3v) is 10.7. The molecule has 0 radical (unpaired) electrons. The number of likely N-dealkylation sites (tertiary alicyclic amines) is 1. The second kappa shape index (κ2) is 8.47. The van der Waals surface area contributed by atoms with Crippen molar-refractivity contribution in [3.8, 4) is 0 Å². The van der Waals surface area contributed by atoms with E-state index in [4.69, 9.17) is 4.74 Å². The monoisotopic (exact) mass is 429 g/mol. The van der Waals surface area contributed by atoms with Crippen LogP contribution in [0, 0.1) is 34.5 Å². The Morgan fingerprint density at radius 3 is 2.55 bits per heavy atom. The maximum atomic E-state index is 12.7. The van der Waals surface area contributed by atoms with E-state index in [1.807, 2.05) is 0 Å². The molecule has 0 amide bonds. The van der Waals surface area contributed by atoms with E-state index < -0.39 is 0 Å². The average molecular weight is 430 g/mol. The lowest BCUT2D eigenvalue weighted by atomic mass is 9.45. The van der Waals surface area contributed by atoms with Crippen LogP contribution >= 0.6 is 0 Å². The lowest BCUT2D eigenvalue weighted by Crippen LogP contribution is -2.54. The largest absolute Gasteiger partial charge is 0.462 e. The summed E-state index contributed by atoms with van der Waals surface area (Å²) in [5.74, 6) is 3.38. The number of piperidine rings is 1. The van der Waals surface area contributed by atoms with Crippen LogP contribution in [0.2, 0.25) is 0 Å². The first-order chi connectivity index (χ1) is 14.9. The standard InChI is InChI=1S/C27H43NO3/c1-26-13-10-20(29)18-19(26)6-7-21-22-8-9-24(27(22,2)14-11-23(21)26)31-25(30)12-17-28-15-4-3-5-16-28/h19,21-24H,3-18H2,1-2H3/t19-,21-,22+,23-,24+,26-,27+/m1/s1. The quantitative estimate of drug-likeness (QED) is 0.563. The van der Waals surface area contributed by atoms with Gasteiger partial charge in [-0.1, -0.05) is 20.3 Å². The zero-order chi connectivity index (χ0) is 21.6. The lowest BCUT2D eigenvalue weighted by molar-refractivity contribution is -0.164. The van der Waals surface area contributed by atoms with Gasteiger partial charge in [0.1, 0.15) is 11.9 Å². The van der Waals surface area contributed by atoms with Gasteiger partial charge in [0.05, 0.1) is 6.42 Å². The van der Waals surface area contributed by atoms with Gasteiger partial charge in [0.2, 0.25) is 0 Å². The summed E-state index contributed by atoms with van der Waals surface area (Å²) in [6.45, 7) is 8.10. The second-order valence-electron chi connectivity index (χ2n) is 12.2. The molecule has 0 N–H and O–H groups in total. The number of hydrogen-bond acceptors (Lipinski definition) is 4. The molecule has 4 nitrogen and oxygen atoms in total. The van der Waals surface area contributed by atoms with Gasteiger partial charge in [0.25, 0.3) is 0 Å². The minimum absolute atomic E-state index is 0.0287. The lowest BCUT2D eigenvalue weighted by Gasteiger charge is -2.60. The number of nitrogens with zero attached hydrogens (tertiary/aromatic N) is 1. The van der Waals surface area contributed by atoms with Crippen molar-refractivity contribution >= 4 is 11.8 Å². The molecule has 1 saturated heterocycles. The van der Waals surface area contributed by atoms with Crippen molar-refractivity contribution in [3.05, 3.63) is 0 Å². The highest BCUT2D eigenvalue weighted by Gasteiger charge is 2.61. The summed E-state index contributed by atoms with van der Waals surface area (Å²) < 4.78 is 6.19. The summed E-state index contributed by atoms with van der Waals surface area (Å²) in [6.07, 6.45) is 14.5. The minimum Gasteiger partial charge on any atom is -0.462 e. The summed E-state index contributed by atoms with van der Waals surface area (Å²) in [6, 6.07) is 0. The topological polar surface area (TPSA) is 46.6 Å². The number of carbonyl (C=O) groups is 2. The molecule has 0 spiro atoms. The third-order valence-electron chi connectivity index (χ3n) is 10.7. The predicted molar refractivity (Wildman–Crippen MR) is 122 cm³/mol. The van der Waals surface area contributed by atoms with Crippen LogP contribution in [-0.4, -0.2) is 42.4 Å². The molecule has 31 heavy (non-hydrogen) atoms. The van der Waals surface area contributed by atoms with Crippen LogP contribution in [0.3, 0.4) is 0 Å². The Balaban J connectivity index is 1.22. The molecule has 4 saturated carbocycles. The second-order valence-corrected chi connectivity index (χ2v) is 12.2. The molecule has 4 heteroatoms. The summed E-state index contributed by atoms with van der Waals surface area (Å²) in [4.78, 5) is 27.3. The molecule has 7 atom stereocenters. The van der Waals surface area contributed by atoms with Crippen LogP contribution in [0.4, 0.5) is 0 Å². The van der Waals surface area contributed by atoms with Crippen molar-refractivity contribution in [2.75, 3.05) is 19.6 Å². The van der Waals surface area contributed by atoms with Crippen LogP contribution in [0.1, 0.15) is 97.3 Å². The molecular weight excluding hydrogens is 386 g/mol. The highest BCUT2D eigenvalue weighted by Crippen LogP contribution is 2.66. The number of ketones is 1. The van der Waals surface area contributed by atoms with Crippen molar-refractivity contribution < 1.29 is 14.3 Å². The zero-order valence-electron chi connectivity index (χ0n) is 19.9. The Hall–Kier alpha value is -0.900. The number of Topliss-reactive ketones (excluding diaryl/α,β-unsaturated/α-hetero) is 1. The van der Waals surface area contributed by atoms with Crippen LogP contribution in [0.5, 0.6) is 0 Å². The number of ether oxygens (including phenoxy) is 1. The third kappa shape index (κ3) is 3.89. The van der Waals surface area contributed by atoms with Gasteiger partial charge in [0, 0.05) is 24.8 Å². The van der Waals surface area contributed by atoms with E-state index in [1.54, 1.807) is 0 Å². The number of fused-ring (bicyclic) bond motifs is 5. The van der Waals surface area contributed by atoms with Gasteiger partial charge in [-0.15, -0.1) is 0 Å². The molecule has 0 aromatic heterocycles. The molecule has 5 rings (SSSR count). The van der Waals surface area contributed by atoms with E-state index in [0.29, 0.717) is 29.5 Å². The predicted octanol–water partition coefficient (Wildman–Crippen LogP) is 5.39. The summed E-state index contributed by atoms with van der Waals surface area (Å²) in [5, 5.41) is 0. The van der Waals surface area contributed by atoms with Crippen molar-refractivity contribution in [1.29, 1.82) is 0 Å². The fourth-order valence-corrected chi connectivity index (χ4v) is 8.84. The van der Waals surface area contributed by atoms with E-state index in [1.165, 1.54) is 51.4 Å². The SMILES string of the molecule is C[C@@]12CCC(=O)C[C@H]1CC[C@H]1[C@H]2CC[C@]2(C)[C@@H](OC(=O)CCN3CCCCC3)CC[C@@H]12. The molecule has 0 aromatic carbocycles. The number of esters is 1. The fourth-order valence-electron chi connectivity index (χ4n) is 8.84. The molecule has 1 aliphatic heterocycles. The first-order valence-corrected chi connectivity index (χ1v) is 13.3. The van der Waals surface area contributed by atoms with Crippen molar-refractivity contribution in [3.63, 3.8) is 0 Å². The molecule has 0 unspecified atom stereocenters. The van der Waals surface area contributed by atoms with E-state index in [2.05, 4.69) is 18.7 Å². The average Bonchev–Trinajstić information content (AvgIpc) is 3.10. The molecule has 4 aliphatic carbocycles. The van der Waals surface area contributed by atoms with Crippen molar-refractivity contribution in [1.82, 2.24) is 4.90 Å². The maximum Gasteiger partial charge on any atom is 0.307 e. The van der Waals surface area contributed by atoms with Gasteiger partial charge < -0.3 is 9.64 Å². The molecule has 174 valence electrons. The Kier molecular flexibility index (Phi) is 5.99. The van der Waals surface area contributed by atoms with Gasteiger partial charge >= 0.3 is 5.97 Å². The Morgan fingerprint density at radius 2 is 1.74 bits per heavy atom. The van der Waals surface area contributed by atoms with E-state index in [9.17, 15) is 9.59 Å². The summed E-state index contributed by atoms with van der Waals surface area (Å²) in [7, 11) is 0. The smallest absolute Gasteiger partial charge is 0.307 e. The highest BCUT2D eigenvalue weighted by atomic mass is 16.5. The molecule has 1 heterocycles. The van der Waals surface area contributed by atoms with Gasteiger partial charge in [-0.3, -0.25) is 9.59 Å². The Labute approximate surface area is 188 Å². The maximum absolute atomic E-state index is 12.7. The van der Waals surface area contributed by atoms with Crippen LogP contribution in [-0.2, 0) is 14.3 Å². The Morgan fingerprint density at radius 1 is 0.968 bits per heavy atom. The zero-order valence-corrected chi connectivity index (χ0v) is 19.9. The van der Waals surface area contributed by atoms with Gasteiger partial charge in [-0.2, -0.15) is 0 Å². The van der Waals surface area contributed by atoms with Crippen molar-refractivity contribution in [2.24, 2.45) is 34.5 Å². The van der Waals surface area contributed by atoms with E-state index >= 15 is 0 Å². The van der Waals surface area contributed by atoms with Gasteiger partial charge in [0.15, 0.2) is 0 Å². The van der Waals surface area contributed by atoms with Crippen LogP contribution in [0.25, 0.3) is 0 Å². The normalized spacial score (nSPS) is 45.5.